The Bertz CT molecular complexity index is 796. The van der Waals surface area contributed by atoms with E-state index in [0.717, 1.165) is 4.88 Å². The van der Waals surface area contributed by atoms with E-state index >= 15 is 0 Å². The highest BCUT2D eigenvalue weighted by Crippen LogP contribution is 2.24. The highest BCUT2D eigenvalue weighted by atomic mass is 35.5. The average Bonchev–Trinajstić information content (AvgIpc) is 3.08. The molecule has 138 valence electrons. The van der Waals surface area contributed by atoms with Gasteiger partial charge in [0.2, 0.25) is 5.91 Å². The van der Waals surface area contributed by atoms with E-state index in [1.165, 1.54) is 29.4 Å². The van der Waals surface area contributed by atoms with Crippen molar-refractivity contribution >= 4 is 58.0 Å². The lowest BCUT2D eigenvalue weighted by Crippen LogP contribution is -2.37. The van der Waals surface area contributed by atoms with Crippen LogP contribution >= 0.6 is 34.5 Å². The molecule has 0 fully saturated rings. The number of esters is 1. The third kappa shape index (κ3) is 6.33. The molecule has 0 spiro atoms. The van der Waals surface area contributed by atoms with E-state index in [1.807, 2.05) is 17.5 Å². The van der Waals surface area contributed by atoms with Crippen molar-refractivity contribution in [2.45, 2.75) is 6.42 Å². The van der Waals surface area contributed by atoms with Gasteiger partial charge in [-0.15, -0.1) is 11.3 Å². The molecule has 1 aromatic carbocycles. The van der Waals surface area contributed by atoms with Crippen LogP contribution < -0.4 is 5.32 Å². The Morgan fingerprint density at radius 3 is 2.62 bits per heavy atom. The van der Waals surface area contributed by atoms with Crippen LogP contribution in [0, 0.1) is 0 Å². The van der Waals surface area contributed by atoms with Crippen molar-refractivity contribution in [3.8, 4) is 0 Å². The molecule has 0 atom stereocenters. The summed E-state index contributed by atoms with van der Waals surface area (Å²) in [6, 6.07) is 8.31. The summed E-state index contributed by atoms with van der Waals surface area (Å²) in [7, 11) is 1.45. The molecule has 0 aliphatic rings. The van der Waals surface area contributed by atoms with Crippen LogP contribution in [0.5, 0.6) is 0 Å². The number of amides is 2. The van der Waals surface area contributed by atoms with E-state index in [0.29, 0.717) is 15.7 Å². The molecule has 2 rings (SSSR count). The maximum atomic E-state index is 12.0. The Balaban J connectivity index is 1.75. The van der Waals surface area contributed by atoms with E-state index in [4.69, 9.17) is 27.9 Å². The SMILES string of the molecule is CN(CC(=O)Nc1ccc(Cl)c(Cl)c1)C(=O)COC(=O)Cc1cccs1. The van der Waals surface area contributed by atoms with Crippen molar-refractivity contribution in [1.29, 1.82) is 0 Å². The van der Waals surface area contributed by atoms with E-state index in [-0.39, 0.29) is 13.0 Å². The Kier molecular flexibility index (Phi) is 7.44. The fourth-order valence-corrected chi connectivity index (χ4v) is 2.93. The van der Waals surface area contributed by atoms with Gasteiger partial charge in [-0.1, -0.05) is 29.3 Å². The number of benzene rings is 1. The summed E-state index contributed by atoms with van der Waals surface area (Å²) >= 11 is 13.1. The molecule has 0 saturated carbocycles. The number of carbonyl (C=O) groups is 3. The second kappa shape index (κ2) is 9.56. The summed E-state index contributed by atoms with van der Waals surface area (Å²) in [4.78, 5) is 37.7. The summed E-state index contributed by atoms with van der Waals surface area (Å²) in [6.45, 7) is -0.609. The van der Waals surface area contributed by atoms with Gasteiger partial charge in [0.15, 0.2) is 6.61 Å². The van der Waals surface area contributed by atoms with Crippen molar-refractivity contribution in [1.82, 2.24) is 4.90 Å². The minimum absolute atomic E-state index is 0.118. The fraction of sp³-hybridized carbons (Fsp3) is 0.235. The number of likely N-dealkylation sites (N-methyl/N-ethyl adjacent to an activating group) is 1. The maximum absolute atomic E-state index is 12.0. The Morgan fingerprint density at radius 2 is 1.96 bits per heavy atom. The van der Waals surface area contributed by atoms with Gasteiger partial charge in [0.1, 0.15) is 0 Å². The first-order valence-corrected chi connectivity index (χ1v) is 9.15. The molecule has 0 bridgehead atoms. The normalized spacial score (nSPS) is 10.3. The highest BCUT2D eigenvalue weighted by Gasteiger charge is 2.16. The molecule has 0 aliphatic heterocycles. The molecule has 1 heterocycles. The molecule has 26 heavy (non-hydrogen) atoms. The van der Waals surface area contributed by atoms with Crippen LogP contribution in [-0.2, 0) is 25.5 Å². The quantitative estimate of drug-likeness (QED) is 0.705. The largest absolute Gasteiger partial charge is 0.455 e. The van der Waals surface area contributed by atoms with Gasteiger partial charge in [-0.05, 0) is 29.6 Å². The molecular weight excluding hydrogens is 399 g/mol. The van der Waals surface area contributed by atoms with Crippen LogP contribution in [-0.4, -0.2) is 42.9 Å². The smallest absolute Gasteiger partial charge is 0.311 e. The summed E-state index contributed by atoms with van der Waals surface area (Å²) in [5.41, 5.74) is 0.465. The van der Waals surface area contributed by atoms with Gasteiger partial charge in [0.05, 0.1) is 23.0 Å². The van der Waals surface area contributed by atoms with Crippen molar-refractivity contribution in [2.24, 2.45) is 0 Å². The van der Waals surface area contributed by atoms with Gasteiger partial charge in [-0.2, -0.15) is 0 Å². The number of nitrogens with one attached hydrogen (secondary N) is 1. The molecule has 0 saturated heterocycles. The van der Waals surface area contributed by atoms with Crippen molar-refractivity contribution in [3.05, 3.63) is 50.6 Å². The number of nitrogens with zero attached hydrogens (tertiary/aromatic N) is 1. The van der Waals surface area contributed by atoms with E-state index in [2.05, 4.69) is 5.32 Å². The Labute approximate surface area is 164 Å². The number of hydrogen-bond acceptors (Lipinski definition) is 5. The Hall–Kier alpha value is -2.09. The van der Waals surface area contributed by atoms with Crippen LogP contribution in [0.15, 0.2) is 35.7 Å². The summed E-state index contributed by atoms with van der Waals surface area (Å²) in [5, 5.41) is 5.15. The number of ether oxygens (including phenoxy) is 1. The highest BCUT2D eigenvalue weighted by molar-refractivity contribution is 7.10. The lowest BCUT2D eigenvalue weighted by molar-refractivity contribution is -0.151. The van der Waals surface area contributed by atoms with E-state index in [1.54, 1.807) is 12.1 Å². The van der Waals surface area contributed by atoms with Gasteiger partial charge in [-0.25, -0.2) is 0 Å². The third-order valence-corrected chi connectivity index (χ3v) is 4.88. The minimum Gasteiger partial charge on any atom is -0.455 e. The molecule has 6 nitrogen and oxygen atoms in total. The molecule has 0 radical (unpaired) electrons. The Morgan fingerprint density at radius 1 is 1.19 bits per heavy atom. The van der Waals surface area contributed by atoms with Crippen LogP contribution in [0.1, 0.15) is 4.88 Å². The van der Waals surface area contributed by atoms with E-state index < -0.39 is 24.4 Å². The lowest BCUT2D eigenvalue weighted by Gasteiger charge is -2.17. The molecule has 0 unspecified atom stereocenters. The first-order valence-electron chi connectivity index (χ1n) is 7.52. The number of thiophene rings is 1. The zero-order chi connectivity index (χ0) is 19.1. The van der Waals surface area contributed by atoms with Crippen LogP contribution in [0.2, 0.25) is 10.0 Å². The number of rotatable bonds is 7. The van der Waals surface area contributed by atoms with Gasteiger partial charge >= 0.3 is 5.97 Å². The maximum Gasteiger partial charge on any atom is 0.311 e. The molecule has 1 aromatic heterocycles. The van der Waals surface area contributed by atoms with Crippen LogP contribution in [0.4, 0.5) is 5.69 Å². The van der Waals surface area contributed by atoms with Crippen LogP contribution in [0.25, 0.3) is 0 Å². The number of hydrogen-bond donors (Lipinski definition) is 1. The molecule has 9 heteroatoms. The zero-order valence-electron chi connectivity index (χ0n) is 13.8. The van der Waals surface area contributed by atoms with E-state index in [9.17, 15) is 14.4 Å². The topological polar surface area (TPSA) is 75.7 Å². The molecule has 1 N–H and O–H groups in total. The summed E-state index contributed by atoms with van der Waals surface area (Å²) in [6.07, 6.45) is 0.118. The van der Waals surface area contributed by atoms with Gasteiger partial charge in [0, 0.05) is 17.6 Å². The number of carbonyl (C=O) groups excluding carboxylic acids is 3. The monoisotopic (exact) mass is 414 g/mol. The van der Waals surface area contributed by atoms with Gasteiger partial charge < -0.3 is 15.0 Å². The molecule has 2 aromatic rings. The predicted molar refractivity (Wildman–Crippen MR) is 102 cm³/mol. The van der Waals surface area contributed by atoms with Crippen LogP contribution in [0.3, 0.4) is 0 Å². The van der Waals surface area contributed by atoms with Gasteiger partial charge in [-0.3, -0.25) is 14.4 Å². The molecule has 2 amide bonds. The molecule has 0 aliphatic carbocycles. The van der Waals surface area contributed by atoms with Gasteiger partial charge in [0.25, 0.3) is 5.91 Å². The lowest BCUT2D eigenvalue weighted by atomic mass is 10.3. The zero-order valence-corrected chi connectivity index (χ0v) is 16.2. The average molecular weight is 415 g/mol. The van der Waals surface area contributed by atoms with Crippen molar-refractivity contribution < 1.29 is 19.1 Å². The summed E-state index contributed by atoms with van der Waals surface area (Å²) in [5.74, 6) is -1.38. The second-order valence-corrected chi connectivity index (χ2v) is 7.19. The first kappa shape index (κ1) is 20.2. The first-order chi connectivity index (χ1) is 12.3. The standard InChI is InChI=1S/C17H16Cl2N2O4S/c1-21(9-15(22)20-11-4-5-13(18)14(19)7-11)16(23)10-25-17(24)8-12-3-2-6-26-12/h2-7H,8-10H2,1H3,(H,20,22). The third-order valence-electron chi connectivity index (χ3n) is 3.27. The van der Waals surface area contributed by atoms with Crippen molar-refractivity contribution in [3.63, 3.8) is 0 Å². The minimum atomic E-state index is -0.491. The fourth-order valence-electron chi connectivity index (χ4n) is 1.94. The molecular formula is C17H16Cl2N2O4S. The predicted octanol–water partition coefficient (Wildman–Crippen LogP) is 3.24. The summed E-state index contributed by atoms with van der Waals surface area (Å²) < 4.78 is 4.94. The number of anilines is 1. The van der Waals surface area contributed by atoms with Crippen molar-refractivity contribution in [2.75, 3.05) is 25.5 Å². The number of halogens is 2. The second-order valence-electron chi connectivity index (χ2n) is 5.34.